The maximum absolute atomic E-state index is 6.29. The molecule has 1 fully saturated rings. The molecular weight excluding hydrogens is 344 g/mol. The maximum Gasteiger partial charge on any atom is 0.0701 e. The van der Waals surface area contributed by atoms with Gasteiger partial charge in [-0.3, -0.25) is 4.90 Å². The molecule has 0 atom stereocenters. The van der Waals surface area contributed by atoms with Crippen molar-refractivity contribution in [3.8, 4) is 0 Å². The van der Waals surface area contributed by atoms with Crippen LogP contribution in [0.5, 0.6) is 0 Å². The Morgan fingerprint density at radius 1 is 1.19 bits per heavy atom. The van der Waals surface area contributed by atoms with Crippen molar-refractivity contribution in [3.05, 3.63) is 20.8 Å². The molecule has 1 aromatic heterocycles. The van der Waals surface area contributed by atoms with Gasteiger partial charge in [0.15, 0.2) is 0 Å². The fourth-order valence-electron chi connectivity index (χ4n) is 4.70. The quantitative estimate of drug-likeness (QED) is 0.815. The van der Waals surface area contributed by atoms with Crippen LogP contribution in [0.2, 0.25) is 0 Å². The van der Waals surface area contributed by atoms with E-state index in [1.165, 1.54) is 28.6 Å². The fourth-order valence-corrected chi connectivity index (χ4v) is 5.91. The fraction of sp³-hybridized carbons (Fsp3) is 0.765. The molecule has 0 spiro atoms. The number of rotatable bonds is 4. The van der Waals surface area contributed by atoms with Crippen LogP contribution in [0.25, 0.3) is 0 Å². The van der Waals surface area contributed by atoms with Crippen LogP contribution in [0.15, 0.2) is 15.2 Å². The molecule has 2 nitrogen and oxygen atoms in total. The first-order chi connectivity index (χ1) is 9.57. The van der Waals surface area contributed by atoms with Gasteiger partial charge in [-0.2, -0.15) is 0 Å². The van der Waals surface area contributed by atoms with Crippen molar-refractivity contribution in [1.29, 1.82) is 0 Å². The van der Waals surface area contributed by atoms with Crippen LogP contribution in [0.3, 0.4) is 0 Å². The number of thiophene rings is 1. The molecule has 2 rings (SSSR count). The van der Waals surface area contributed by atoms with Gasteiger partial charge in [-0.05, 0) is 70.1 Å². The number of halogens is 1. The molecule has 0 aromatic carbocycles. The van der Waals surface area contributed by atoms with Crippen molar-refractivity contribution in [1.82, 2.24) is 4.90 Å². The number of hydrogen-bond acceptors (Lipinski definition) is 3. The molecule has 0 aliphatic heterocycles. The predicted octanol–water partition coefficient (Wildman–Crippen LogP) is 4.88. The van der Waals surface area contributed by atoms with E-state index >= 15 is 0 Å². The van der Waals surface area contributed by atoms with Gasteiger partial charge in [0, 0.05) is 18.6 Å². The van der Waals surface area contributed by atoms with E-state index in [0.29, 0.717) is 10.8 Å². The highest BCUT2D eigenvalue weighted by Crippen LogP contribution is 2.51. The lowest BCUT2D eigenvalue weighted by Crippen LogP contribution is -2.59. The van der Waals surface area contributed by atoms with Gasteiger partial charge in [-0.1, -0.05) is 27.7 Å². The number of likely N-dealkylation sites (N-methyl/N-ethyl adjacent to an activating group) is 1. The second kappa shape index (κ2) is 5.95. The zero-order valence-corrected chi connectivity index (χ0v) is 16.4. The highest BCUT2D eigenvalue weighted by atomic mass is 79.9. The average Bonchev–Trinajstić information content (AvgIpc) is 2.70. The van der Waals surface area contributed by atoms with E-state index in [0.717, 1.165) is 13.1 Å². The highest BCUT2D eigenvalue weighted by molar-refractivity contribution is 9.11. The molecule has 21 heavy (non-hydrogen) atoms. The summed E-state index contributed by atoms with van der Waals surface area (Å²) in [5, 5.41) is 2.24. The smallest absolute Gasteiger partial charge is 0.0701 e. The number of nitrogens with zero attached hydrogens (tertiary/aromatic N) is 1. The first-order valence-corrected chi connectivity index (χ1v) is 9.39. The van der Waals surface area contributed by atoms with Crippen molar-refractivity contribution in [2.45, 2.75) is 59.0 Å². The Labute approximate surface area is 142 Å². The molecule has 4 heteroatoms. The van der Waals surface area contributed by atoms with E-state index in [-0.39, 0.29) is 5.54 Å². The lowest BCUT2D eigenvalue weighted by atomic mass is 9.58. The largest absolute Gasteiger partial charge is 0.329 e. The van der Waals surface area contributed by atoms with Crippen molar-refractivity contribution in [3.63, 3.8) is 0 Å². The van der Waals surface area contributed by atoms with Gasteiger partial charge in [0.1, 0.15) is 0 Å². The van der Waals surface area contributed by atoms with Crippen molar-refractivity contribution < 1.29 is 0 Å². The minimum absolute atomic E-state index is 0.111. The van der Waals surface area contributed by atoms with Crippen LogP contribution in [0.4, 0.5) is 0 Å². The molecular formula is C17H29BrN2S. The van der Waals surface area contributed by atoms with Gasteiger partial charge < -0.3 is 5.73 Å². The van der Waals surface area contributed by atoms with Gasteiger partial charge in [0.2, 0.25) is 0 Å². The van der Waals surface area contributed by atoms with Crippen LogP contribution in [-0.4, -0.2) is 24.0 Å². The monoisotopic (exact) mass is 372 g/mol. The van der Waals surface area contributed by atoms with Crippen LogP contribution in [0.1, 0.15) is 52.5 Å². The standard InChI is InChI=1S/C17H29BrN2S/c1-15(2)9-16(3,4)11-17(10-15,12-19)20(5)7-13-6-14(18)21-8-13/h6,8H,7,9-12,19H2,1-5H3. The normalized spacial score (nSPS) is 23.4. The third-order valence-electron chi connectivity index (χ3n) is 4.80. The SMILES string of the molecule is CN(Cc1csc(Br)c1)C1(CN)CC(C)(C)CC(C)(C)C1. The number of hydrogen-bond donors (Lipinski definition) is 1. The minimum atomic E-state index is 0.111. The zero-order chi connectivity index (χ0) is 15.9. The lowest BCUT2D eigenvalue weighted by molar-refractivity contribution is -0.0356. The molecule has 0 bridgehead atoms. The Balaban J connectivity index is 2.23. The molecule has 2 N–H and O–H groups in total. The second-order valence-corrected chi connectivity index (χ2v) is 10.7. The second-order valence-electron chi connectivity index (χ2n) is 8.40. The van der Waals surface area contributed by atoms with Crippen molar-refractivity contribution in [2.24, 2.45) is 16.6 Å². The third-order valence-corrected chi connectivity index (χ3v) is 6.36. The first-order valence-electron chi connectivity index (χ1n) is 7.72. The van der Waals surface area contributed by atoms with E-state index < -0.39 is 0 Å². The highest BCUT2D eigenvalue weighted by Gasteiger charge is 2.48. The Hall–Kier alpha value is 0.1000. The molecule has 1 aliphatic rings. The van der Waals surface area contributed by atoms with Crippen molar-refractivity contribution in [2.75, 3.05) is 13.6 Å². The van der Waals surface area contributed by atoms with E-state index in [2.05, 4.69) is 67.0 Å². The van der Waals surface area contributed by atoms with Crippen LogP contribution in [-0.2, 0) is 6.54 Å². The van der Waals surface area contributed by atoms with Gasteiger partial charge in [0.05, 0.1) is 3.79 Å². The Kier molecular flexibility index (Phi) is 4.95. The van der Waals surface area contributed by atoms with Crippen LogP contribution in [0, 0.1) is 10.8 Å². The maximum atomic E-state index is 6.29. The Bertz CT molecular complexity index is 477. The average molecular weight is 373 g/mol. The minimum Gasteiger partial charge on any atom is -0.329 e. The Morgan fingerprint density at radius 3 is 2.19 bits per heavy atom. The summed E-state index contributed by atoms with van der Waals surface area (Å²) in [4.78, 5) is 2.50. The summed E-state index contributed by atoms with van der Waals surface area (Å²) in [6.07, 6.45) is 3.64. The van der Waals surface area contributed by atoms with E-state index in [1.807, 2.05) is 0 Å². The van der Waals surface area contributed by atoms with E-state index in [4.69, 9.17) is 5.73 Å². The van der Waals surface area contributed by atoms with Gasteiger partial charge in [0.25, 0.3) is 0 Å². The van der Waals surface area contributed by atoms with Gasteiger partial charge >= 0.3 is 0 Å². The summed E-state index contributed by atoms with van der Waals surface area (Å²) in [6, 6.07) is 2.23. The summed E-state index contributed by atoms with van der Waals surface area (Å²) in [6.45, 7) is 11.3. The lowest BCUT2D eigenvalue weighted by Gasteiger charge is -2.55. The molecule has 0 unspecified atom stereocenters. The van der Waals surface area contributed by atoms with E-state index in [9.17, 15) is 0 Å². The van der Waals surface area contributed by atoms with Gasteiger partial charge in [-0.15, -0.1) is 11.3 Å². The Morgan fingerprint density at radius 2 is 1.76 bits per heavy atom. The van der Waals surface area contributed by atoms with Gasteiger partial charge in [-0.25, -0.2) is 0 Å². The van der Waals surface area contributed by atoms with Crippen LogP contribution < -0.4 is 5.73 Å². The molecule has 1 aromatic rings. The summed E-state index contributed by atoms with van der Waals surface area (Å²) in [5.41, 5.74) is 8.48. The molecule has 1 heterocycles. The topological polar surface area (TPSA) is 29.3 Å². The van der Waals surface area contributed by atoms with Crippen molar-refractivity contribution >= 4 is 27.3 Å². The zero-order valence-electron chi connectivity index (χ0n) is 14.0. The third kappa shape index (κ3) is 4.10. The summed E-state index contributed by atoms with van der Waals surface area (Å²) >= 11 is 5.32. The van der Waals surface area contributed by atoms with E-state index in [1.54, 1.807) is 11.3 Å². The predicted molar refractivity (Wildman–Crippen MR) is 96.7 cm³/mol. The molecule has 120 valence electrons. The van der Waals surface area contributed by atoms with Crippen LogP contribution >= 0.6 is 27.3 Å². The molecule has 0 amide bonds. The molecule has 1 saturated carbocycles. The summed E-state index contributed by atoms with van der Waals surface area (Å²) < 4.78 is 1.21. The summed E-state index contributed by atoms with van der Waals surface area (Å²) in [5.74, 6) is 0. The molecule has 0 saturated heterocycles. The molecule has 0 radical (unpaired) electrons. The first kappa shape index (κ1) is 17.5. The summed E-state index contributed by atoms with van der Waals surface area (Å²) in [7, 11) is 2.25. The number of nitrogens with two attached hydrogens (primary N) is 1. The molecule has 1 aliphatic carbocycles.